The summed E-state index contributed by atoms with van der Waals surface area (Å²) in [4.78, 5) is 15.0. The molecule has 0 bridgehead atoms. The number of unbranched alkanes of at least 4 members (excludes halogenated alkanes) is 1. The van der Waals surface area contributed by atoms with Gasteiger partial charge in [0.05, 0.1) is 11.8 Å². The summed E-state index contributed by atoms with van der Waals surface area (Å²) in [5, 5.41) is 23.9. The molecule has 0 radical (unpaired) electrons. The normalized spacial score (nSPS) is 31.1. The summed E-state index contributed by atoms with van der Waals surface area (Å²) in [6.45, 7) is 5.54. The number of aliphatic hydroxyl groups is 1. The molecule has 0 spiro atoms. The Labute approximate surface area is 243 Å². The van der Waals surface area contributed by atoms with Crippen molar-refractivity contribution in [2.75, 3.05) is 25.0 Å². The smallest absolute Gasteiger partial charge is 0.224 e. The van der Waals surface area contributed by atoms with Gasteiger partial charge in [-0.15, -0.1) is 0 Å². The van der Waals surface area contributed by atoms with E-state index < -0.39 is 5.82 Å². The second-order valence-electron chi connectivity index (χ2n) is 13.2. The van der Waals surface area contributed by atoms with Crippen molar-refractivity contribution in [2.24, 2.45) is 17.3 Å². The molecule has 6 atom stereocenters. The molecule has 0 unspecified atom stereocenters. The molecule has 2 aromatic rings. The molecule has 4 aliphatic rings. The Morgan fingerprint density at radius 2 is 1.93 bits per heavy atom. The molecule has 6 nitrogen and oxygen atoms in total. The van der Waals surface area contributed by atoms with E-state index in [4.69, 9.17) is 4.74 Å². The molecule has 3 fully saturated rings. The highest BCUT2D eigenvalue weighted by Crippen LogP contribution is 2.61. The van der Waals surface area contributed by atoms with Crippen molar-refractivity contribution in [2.45, 2.75) is 95.7 Å². The van der Waals surface area contributed by atoms with Crippen molar-refractivity contribution in [1.82, 2.24) is 4.90 Å². The number of aromatic hydroxyl groups is 1. The Kier molecular flexibility index (Phi) is 8.28. The largest absolute Gasteiger partial charge is 0.508 e. The van der Waals surface area contributed by atoms with Crippen LogP contribution in [0.15, 0.2) is 36.4 Å². The molecular formula is C34H45FN2O4. The van der Waals surface area contributed by atoms with Crippen LogP contribution in [0.4, 0.5) is 10.1 Å². The van der Waals surface area contributed by atoms with Crippen LogP contribution in [0.5, 0.6) is 11.5 Å². The number of rotatable bonds is 8. The number of aliphatic hydroxyl groups excluding tert-OH is 1. The van der Waals surface area contributed by atoms with E-state index in [-0.39, 0.29) is 40.9 Å². The number of ether oxygens (including phenoxy) is 1. The molecule has 7 heteroatoms. The fourth-order valence-corrected chi connectivity index (χ4v) is 8.57. The number of amides is 1. The van der Waals surface area contributed by atoms with E-state index in [0.29, 0.717) is 30.4 Å². The molecule has 1 amide bonds. The highest BCUT2D eigenvalue weighted by Gasteiger charge is 2.58. The lowest BCUT2D eigenvalue weighted by Gasteiger charge is -2.53. The predicted molar refractivity (Wildman–Crippen MR) is 158 cm³/mol. The van der Waals surface area contributed by atoms with Gasteiger partial charge in [-0.3, -0.25) is 4.79 Å². The molecule has 222 valence electrons. The third kappa shape index (κ3) is 5.85. The number of nitrogens with zero attached hydrogens (tertiary/aromatic N) is 1. The highest BCUT2D eigenvalue weighted by molar-refractivity contribution is 5.90. The molecule has 41 heavy (non-hydrogen) atoms. The van der Waals surface area contributed by atoms with Gasteiger partial charge in [0, 0.05) is 23.8 Å². The summed E-state index contributed by atoms with van der Waals surface area (Å²) in [6.07, 6.45) is 9.82. The number of piperidine rings is 1. The minimum Gasteiger partial charge on any atom is -0.508 e. The van der Waals surface area contributed by atoms with Gasteiger partial charge in [0.15, 0.2) is 0 Å². The number of nitrogens with one attached hydrogen (secondary N) is 1. The van der Waals surface area contributed by atoms with Crippen LogP contribution in [-0.4, -0.2) is 52.9 Å². The number of hydrogen-bond acceptors (Lipinski definition) is 5. The highest BCUT2D eigenvalue weighted by atomic mass is 19.1. The van der Waals surface area contributed by atoms with Crippen LogP contribution < -0.4 is 10.1 Å². The predicted octanol–water partition coefficient (Wildman–Crippen LogP) is 6.40. The maximum Gasteiger partial charge on any atom is 0.224 e. The molecule has 3 aliphatic carbocycles. The number of fused-ring (bicyclic) bond motifs is 5. The van der Waals surface area contributed by atoms with Crippen LogP contribution in [0.1, 0.15) is 88.2 Å². The van der Waals surface area contributed by atoms with E-state index in [9.17, 15) is 15.0 Å². The number of benzene rings is 2. The zero-order valence-corrected chi connectivity index (χ0v) is 24.3. The average molecular weight is 565 g/mol. The fourth-order valence-electron chi connectivity index (χ4n) is 8.57. The molecule has 2 aromatic carbocycles. The quantitative estimate of drug-likeness (QED) is 0.323. The Balaban J connectivity index is 1.12. The summed E-state index contributed by atoms with van der Waals surface area (Å²) < 4.78 is 21.8. The van der Waals surface area contributed by atoms with Crippen LogP contribution >= 0.6 is 0 Å². The van der Waals surface area contributed by atoms with Crippen molar-refractivity contribution in [3.05, 3.63) is 53.3 Å². The molecule has 1 heterocycles. The van der Waals surface area contributed by atoms with Gasteiger partial charge in [-0.1, -0.05) is 19.4 Å². The van der Waals surface area contributed by atoms with Crippen molar-refractivity contribution >= 4 is 11.6 Å². The van der Waals surface area contributed by atoms with Gasteiger partial charge < -0.3 is 25.2 Å². The monoisotopic (exact) mass is 564 g/mol. The Morgan fingerprint density at radius 3 is 2.73 bits per heavy atom. The molecule has 0 aromatic heterocycles. The molecule has 6 rings (SSSR count). The van der Waals surface area contributed by atoms with E-state index in [0.717, 1.165) is 63.7 Å². The SMILES string of the molecule is C[C@]12C[C@H](Oc3ccc(NC(=O)CCCCN4CCCCC4)c(F)c3)[C@@H]3c4ccc(O)cc4CC[C@H]3[C@@H]1CC[C@@H]2O. The van der Waals surface area contributed by atoms with Gasteiger partial charge in [0.1, 0.15) is 23.4 Å². The fraction of sp³-hybridized carbons (Fsp3) is 0.618. The first-order valence-corrected chi connectivity index (χ1v) is 15.8. The summed E-state index contributed by atoms with van der Waals surface area (Å²) in [7, 11) is 0. The molecule has 1 aliphatic heterocycles. The topological polar surface area (TPSA) is 82.0 Å². The maximum atomic E-state index is 15.2. The third-order valence-corrected chi connectivity index (χ3v) is 10.7. The lowest BCUT2D eigenvalue weighted by molar-refractivity contribution is -0.116. The Hall–Kier alpha value is -2.64. The van der Waals surface area contributed by atoms with Crippen molar-refractivity contribution in [1.29, 1.82) is 0 Å². The minimum absolute atomic E-state index is 0.120. The van der Waals surface area contributed by atoms with Gasteiger partial charge in [-0.25, -0.2) is 4.39 Å². The number of aryl methyl sites for hydroxylation is 1. The summed E-state index contributed by atoms with van der Waals surface area (Å²) in [5.74, 6) is 0.947. The van der Waals surface area contributed by atoms with Gasteiger partial charge in [0.25, 0.3) is 0 Å². The second kappa shape index (κ2) is 11.9. The van der Waals surface area contributed by atoms with E-state index in [1.807, 2.05) is 12.1 Å². The number of halogens is 1. The van der Waals surface area contributed by atoms with Crippen molar-refractivity contribution in [3.8, 4) is 11.5 Å². The molecular weight excluding hydrogens is 519 g/mol. The van der Waals surface area contributed by atoms with Crippen LogP contribution in [0.25, 0.3) is 0 Å². The summed E-state index contributed by atoms with van der Waals surface area (Å²) >= 11 is 0. The Bertz CT molecular complexity index is 1250. The van der Waals surface area contributed by atoms with Gasteiger partial charge in [-0.05, 0) is 125 Å². The lowest BCUT2D eigenvalue weighted by atomic mass is 9.54. The standard InChI is InChI=1S/C34H45FN2O4/c1-34-21-30(33-25-12-9-23(38)19-22(25)8-11-26(33)27(34)13-15-31(34)39)41-24-10-14-29(28(35)20-24)36-32(40)7-3-6-18-37-16-4-2-5-17-37/h9-10,12,14,19-20,26-27,30-31,33,38-39H,2-8,11,13,15-18,21H2,1H3,(H,36,40)/t26-,27-,30-,31-,33+,34-/m0/s1. The van der Waals surface area contributed by atoms with Crippen LogP contribution in [0, 0.1) is 23.1 Å². The number of carbonyl (C=O) groups is 1. The van der Waals surface area contributed by atoms with Gasteiger partial charge in [0.2, 0.25) is 5.91 Å². The zero-order valence-electron chi connectivity index (χ0n) is 24.3. The molecule has 2 saturated carbocycles. The minimum atomic E-state index is -0.504. The zero-order chi connectivity index (χ0) is 28.6. The molecule has 3 N–H and O–H groups in total. The van der Waals surface area contributed by atoms with Crippen molar-refractivity contribution < 1.29 is 24.1 Å². The number of anilines is 1. The third-order valence-electron chi connectivity index (χ3n) is 10.7. The van der Waals surface area contributed by atoms with Gasteiger partial charge >= 0.3 is 0 Å². The van der Waals surface area contributed by atoms with E-state index in [1.165, 1.54) is 30.9 Å². The summed E-state index contributed by atoms with van der Waals surface area (Å²) in [5.41, 5.74) is 2.30. The maximum absolute atomic E-state index is 15.2. The first-order chi connectivity index (χ1) is 19.8. The van der Waals surface area contributed by atoms with Crippen LogP contribution in [-0.2, 0) is 11.2 Å². The Morgan fingerprint density at radius 1 is 1.10 bits per heavy atom. The first kappa shape index (κ1) is 28.5. The van der Waals surface area contributed by atoms with E-state index >= 15 is 4.39 Å². The summed E-state index contributed by atoms with van der Waals surface area (Å²) in [6, 6.07) is 10.4. The second-order valence-corrected chi connectivity index (χ2v) is 13.2. The van der Waals surface area contributed by atoms with Crippen molar-refractivity contribution in [3.63, 3.8) is 0 Å². The number of likely N-dealkylation sites (tertiary alicyclic amines) is 1. The first-order valence-electron chi connectivity index (χ1n) is 15.8. The van der Waals surface area contributed by atoms with E-state index in [1.54, 1.807) is 18.2 Å². The van der Waals surface area contributed by atoms with Gasteiger partial charge in [-0.2, -0.15) is 0 Å². The average Bonchev–Trinajstić information content (AvgIpc) is 3.26. The number of carbonyl (C=O) groups excluding carboxylic acids is 1. The lowest BCUT2D eigenvalue weighted by Crippen LogP contribution is -2.51. The molecule has 1 saturated heterocycles. The number of phenolic OH excluding ortho intramolecular Hbond substituents is 1. The van der Waals surface area contributed by atoms with E-state index in [2.05, 4.69) is 17.1 Å². The van der Waals surface area contributed by atoms with Crippen LogP contribution in [0.2, 0.25) is 0 Å². The van der Waals surface area contributed by atoms with Crippen LogP contribution in [0.3, 0.4) is 0 Å². The number of phenols is 1. The number of hydrogen-bond donors (Lipinski definition) is 3.